The van der Waals surface area contributed by atoms with E-state index in [0.29, 0.717) is 0 Å². The Morgan fingerprint density at radius 2 is 1.88 bits per heavy atom. The minimum absolute atomic E-state index is 0.612. The summed E-state index contributed by atoms with van der Waals surface area (Å²) in [7, 11) is 0. The van der Waals surface area contributed by atoms with Crippen LogP contribution in [0.25, 0.3) is 0 Å². The number of thiophene rings is 1. The third-order valence-corrected chi connectivity index (χ3v) is 4.19. The normalized spacial score (nSPS) is 14.9. The third kappa shape index (κ3) is 4.67. The molecule has 1 N–H and O–H groups in total. The van der Waals surface area contributed by atoms with Gasteiger partial charge >= 0.3 is 0 Å². The van der Waals surface area contributed by atoms with E-state index in [-0.39, 0.29) is 0 Å². The molecule has 2 heteroatoms. The van der Waals surface area contributed by atoms with Gasteiger partial charge in [0.2, 0.25) is 0 Å². The van der Waals surface area contributed by atoms with E-state index in [1.54, 1.807) is 11.3 Å². The lowest BCUT2D eigenvalue weighted by molar-refractivity contribution is 0.0486. The monoisotopic (exact) mass is 240 g/mol. The van der Waals surface area contributed by atoms with Gasteiger partial charge in [-0.25, -0.2) is 0 Å². The van der Waals surface area contributed by atoms with E-state index in [4.69, 9.17) is 0 Å². The largest absolute Gasteiger partial charge is 0.385 e. The highest BCUT2D eigenvalue weighted by Crippen LogP contribution is 2.30. The van der Waals surface area contributed by atoms with Gasteiger partial charge in [-0.1, -0.05) is 51.5 Å². The first-order valence-corrected chi connectivity index (χ1v) is 7.31. The van der Waals surface area contributed by atoms with Gasteiger partial charge in [0.15, 0.2) is 0 Å². The first kappa shape index (κ1) is 13.7. The lowest BCUT2D eigenvalue weighted by Gasteiger charge is -2.21. The molecule has 1 unspecified atom stereocenters. The van der Waals surface area contributed by atoms with Crippen LogP contribution >= 0.6 is 11.3 Å². The van der Waals surface area contributed by atoms with Gasteiger partial charge in [0, 0.05) is 4.88 Å². The summed E-state index contributed by atoms with van der Waals surface area (Å²) in [5, 5.41) is 12.3. The van der Waals surface area contributed by atoms with Crippen LogP contribution in [0.1, 0.15) is 63.7 Å². The molecule has 0 aliphatic rings. The molecule has 1 nitrogen and oxygen atoms in total. The summed E-state index contributed by atoms with van der Waals surface area (Å²) in [4.78, 5) is 1.10. The van der Waals surface area contributed by atoms with Crippen molar-refractivity contribution < 1.29 is 5.11 Å². The van der Waals surface area contributed by atoms with E-state index >= 15 is 0 Å². The second-order valence-electron chi connectivity index (χ2n) is 4.77. The van der Waals surface area contributed by atoms with E-state index < -0.39 is 5.60 Å². The minimum atomic E-state index is -0.612. The molecular formula is C14H24OS. The molecule has 16 heavy (non-hydrogen) atoms. The molecule has 0 bridgehead atoms. The zero-order valence-electron chi connectivity index (χ0n) is 10.5. The van der Waals surface area contributed by atoms with Crippen LogP contribution in [0.4, 0.5) is 0 Å². The van der Waals surface area contributed by atoms with Crippen LogP contribution in [0.3, 0.4) is 0 Å². The van der Waals surface area contributed by atoms with Crippen molar-refractivity contribution in [1.82, 2.24) is 0 Å². The Hall–Kier alpha value is -0.340. The van der Waals surface area contributed by atoms with Gasteiger partial charge in [-0.3, -0.25) is 0 Å². The zero-order valence-corrected chi connectivity index (χ0v) is 11.4. The Morgan fingerprint density at radius 1 is 1.19 bits per heavy atom. The van der Waals surface area contributed by atoms with Crippen molar-refractivity contribution in [2.24, 2.45) is 0 Å². The maximum Gasteiger partial charge on any atom is 0.0959 e. The Labute approximate surface area is 104 Å². The van der Waals surface area contributed by atoms with Crippen molar-refractivity contribution in [2.75, 3.05) is 0 Å². The number of hydrogen-bond donors (Lipinski definition) is 1. The summed E-state index contributed by atoms with van der Waals surface area (Å²) >= 11 is 1.65. The van der Waals surface area contributed by atoms with Gasteiger partial charge in [0.05, 0.1) is 5.60 Å². The summed E-state index contributed by atoms with van der Waals surface area (Å²) in [5.74, 6) is 0. The Kier molecular flexibility index (Phi) is 6.07. The van der Waals surface area contributed by atoms with Gasteiger partial charge in [0.25, 0.3) is 0 Å². The highest BCUT2D eigenvalue weighted by molar-refractivity contribution is 7.10. The molecular weight excluding hydrogens is 216 g/mol. The van der Waals surface area contributed by atoms with Crippen LogP contribution in [0.2, 0.25) is 0 Å². The SMILES string of the molecule is CCCCCCCCC(C)(O)c1cccs1. The molecule has 0 aliphatic carbocycles. The molecule has 0 saturated carbocycles. The van der Waals surface area contributed by atoms with E-state index in [0.717, 1.165) is 17.7 Å². The Bertz CT molecular complexity index is 264. The van der Waals surface area contributed by atoms with Crippen molar-refractivity contribution in [3.8, 4) is 0 Å². The van der Waals surface area contributed by atoms with E-state index in [1.165, 1.54) is 32.1 Å². The van der Waals surface area contributed by atoms with E-state index in [1.807, 2.05) is 24.4 Å². The summed E-state index contributed by atoms with van der Waals surface area (Å²) < 4.78 is 0. The van der Waals surface area contributed by atoms with Crippen molar-refractivity contribution in [1.29, 1.82) is 0 Å². The molecule has 0 spiro atoms. The molecule has 0 radical (unpaired) electrons. The standard InChI is InChI=1S/C14H24OS/c1-3-4-5-6-7-8-11-14(2,15)13-10-9-12-16-13/h9-10,12,15H,3-8,11H2,1-2H3. The molecule has 1 rings (SSSR count). The van der Waals surface area contributed by atoms with Crippen molar-refractivity contribution in [2.45, 2.75) is 64.4 Å². The van der Waals surface area contributed by atoms with Gasteiger partial charge < -0.3 is 5.11 Å². The topological polar surface area (TPSA) is 20.2 Å². The van der Waals surface area contributed by atoms with Gasteiger partial charge in [0.1, 0.15) is 0 Å². The van der Waals surface area contributed by atoms with Crippen LogP contribution in [0.5, 0.6) is 0 Å². The second-order valence-corrected chi connectivity index (χ2v) is 5.72. The van der Waals surface area contributed by atoms with Gasteiger partial charge in [-0.15, -0.1) is 11.3 Å². The van der Waals surface area contributed by atoms with Crippen molar-refractivity contribution in [3.05, 3.63) is 22.4 Å². The fourth-order valence-corrected chi connectivity index (χ4v) is 2.77. The van der Waals surface area contributed by atoms with Gasteiger partial charge in [-0.05, 0) is 24.8 Å². The highest BCUT2D eigenvalue weighted by atomic mass is 32.1. The van der Waals surface area contributed by atoms with E-state index in [2.05, 4.69) is 6.92 Å². The molecule has 0 amide bonds. The summed E-state index contributed by atoms with van der Waals surface area (Å²) in [6.45, 7) is 4.17. The van der Waals surface area contributed by atoms with Gasteiger partial charge in [-0.2, -0.15) is 0 Å². The van der Waals surface area contributed by atoms with Crippen molar-refractivity contribution in [3.63, 3.8) is 0 Å². The predicted octanol–water partition coefficient (Wildman–Crippen LogP) is 4.71. The fraction of sp³-hybridized carbons (Fsp3) is 0.714. The third-order valence-electron chi connectivity index (χ3n) is 3.07. The zero-order chi connectivity index (χ0) is 11.9. The number of rotatable bonds is 8. The van der Waals surface area contributed by atoms with E-state index in [9.17, 15) is 5.11 Å². The molecule has 0 aliphatic heterocycles. The van der Waals surface area contributed by atoms with Crippen LogP contribution in [-0.4, -0.2) is 5.11 Å². The molecule has 0 saturated heterocycles. The van der Waals surface area contributed by atoms with Crippen LogP contribution in [0.15, 0.2) is 17.5 Å². The second kappa shape index (κ2) is 7.08. The Morgan fingerprint density at radius 3 is 2.50 bits per heavy atom. The lowest BCUT2D eigenvalue weighted by Crippen LogP contribution is -2.19. The lowest BCUT2D eigenvalue weighted by atomic mass is 9.96. The molecule has 92 valence electrons. The average molecular weight is 240 g/mol. The quantitative estimate of drug-likeness (QED) is 0.653. The first-order valence-electron chi connectivity index (χ1n) is 6.43. The first-order chi connectivity index (χ1) is 7.67. The molecule has 0 fully saturated rings. The van der Waals surface area contributed by atoms with Crippen molar-refractivity contribution >= 4 is 11.3 Å². The summed E-state index contributed by atoms with van der Waals surface area (Å²) in [5.41, 5.74) is -0.612. The molecule has 1 heterocycles. The maximum absolute atomic E-state index is 10.3. The van der Waals surface area contributed by atoms with Crippen LogP contribution < -0.4 is 0 Å². The summed E-state index contributed by atoms with van der Waals surface area (Å²) in [6, 6.07) is 4.04. The smallest absolute Gasteiger partial charge is 0.0959 e. The minimum Gasteiger partial charge on any atom is -0.385 e. The number of aliphatic hydroxyl groups is 1. The van der Waals surface area contributed by atoms with Crippen LogP contribution in [-0.2, 0) is 5.60 Å². The molecule has 1 atom stereocenters. The number of unbranched alkanes of at least 4 members (excludes halogenated alkanes) is 5. The predicted molar refractivity (Wildman–Crippen MR) is 71.9 cm³/mol. The highest BCUT2D eigenvalue weighted by Gasteiger charge is 2.22. The number of hydrogen-bond acceptors (Lipinski definition) is 2. The summed E-state index contributed by atoms with van der Waals surface area (Å²) in [6.07, 6.45) is 8.58. The molecule has 0 aromatic carbocycles. The maximum atomic E-state index is 10.3. The molecule has 1 aromatic rings. The molecule has 1 aromatic heterocycles. The van der Waals surface area contributed by atoms with Crippen LogP contribution in [0, 0.1) is 0 Å². The average Bonchev–Trinajstić information content (AvgIpc) is 2.77. The fourth-order valence-electron chi connectivity index (χ4n) is 1.96. The Balaban J connectivity index is 2.17.